The normalized spacial score (nSPS) is 14.3. The SMILES string of the molecule is CC(C)C(N)CC(=O)OCN(C)C(C)(C)C. The standard InChI is InChI=1S/C12H26N2O2/c1-9(2)10(13)7-11(15)16-8-14(6)12(3,4)5/h9-10H,7-8,13H2,1-6H3. The van der Waals surface area contributed by atoms with Crippen LogP contribution in [0.1, 0.15) is 41.0 Å². The molecule has 0 radical (unpaired) electrons. The number of esters is 1. The molecule has 0 heterocycles. The van der Waals surface area contributed by atoms with E-state index in [-0.39, 0.29) is 24.0 Å². The van der Waals surface area contributed by atoms with Crippen molar-refractivity contribution in [2.45, 2.75) is 52.6 Å². The van der Waals surface area contributed by atoms with Crippen LogP contribution in [0.2, 0.25) is 0 Å². The summed E-state index contributed by atoms with van der Waals surface area (Å²) in [5.74, 6) is 0.0743. The summed E-state index contributed by atoms with van der Waals surface area (Å²) in [7, 11) is 1.93. The maximum absolute atomic E-state index is 11.5. The second-order valence-electron chi connectivity index (χ2n) is 5.63. The van der Waals surface area contributed by atoms with Gasteiger partial charge in [-0.25, -0.2) is 0 Å². The Morgan fingerprint density at radius 1 is 1.38 bits per heavy atom. The van der Waals surface area contributed by atoms with Crippen LogP contribution >= 0.6 is 0 Å². The molecule has 0 aromatic carbocycles. The average Bonchev–Trinajstić information content (AvgIpc) is 2.12. The van der Waals surface area contributed by atoms with Crippen molar-refractivity contribution in [1.29, 1.82) is 0 Å². The Kier molecular flexibility index (Phi) is 5.97. The summed E-state index contributed by atoms with van der Waals surface area (Å²) in [4.78, 5) is 13.4. The van der Waals surface area contributed by atoms with Gasteiger partial charge in [0.05, 0.1) is 6.42 Å². The first kappa shape index (κ1) is 15.4. The molecular formula is C12H26N2O2. The smallest absolute Gasteiger partial charge is 0.308 e. The lowest BCUT2D eigenvalue weighted by Gasteiger charge is -2.31. The molecule has 0 aromatic heterocycles. The summed E-state index contributed by atoms with van der Waals surface area (Å²) in [6, 6.07) is -0.118. The zero-order valence-electron chi connectivity index (χ0n) is 11.4. The van der Waals surface area contributed by atoms with Crippen molar-refractivity contribution in [3.8, 4) is 0 Å². The van der Waals surface area contributed by atoms with Crippen molar-refractivity contribution in [2.75, 3.05) is 13.8 Å². The topological polar surface area (TPSA) is 55.6 Å². The molecule has 0 aliphatic carbocycles. The Hall–Kier alpha value is -0.610. The molecule has 0 aromatic rings. The number of hydrogen-bond donors (Lipinski definition) is 1. The van der Waals surface area contributed by atoms with Crippen molar-refractivity contribution in [2.24, 2.45) is 11.7 Å². The summed E-state index contributed by atoms with van der Waals surface area (Å²) in [5, 5.41) is 0. The van der Waals surface area contributed by atoms with E-state index in [4.69, 9.17) is 10.5 Å². The Bertz CT molecular complexity index is 222. The second kappa shape index (κ2) is 6.21. The molecule has 0 saturated carbocycles. The predicted molar refractivity (Wildman–Crippen MR) is 65.9 cm³/mol. The minimum absolute atomic E-state index is 0.000441. The minimum atomic E-state index is -0.225. The number of carbonyl (C=O) groups excluding carboxylic acids is 1. The van der Waals surface area contributed by atoms with Crippen LogP contribution in [0.5, 0.6) is 0 Å². The van der Waals surface area contributed by atoms with Crippen LogP contribution in [0.15, 0.2) is 0 Å². The van der Waals surface area contributed by atoms with Crippen LogP contribution in [0, 0.1) is 5.92 Å². The molecule has 96 valence electrons. The summed E-state index contributed by atoms with van der Waals surface area (Å²) in [6.45, 7) is 10.5. The Balaban J connectivity index is 3.91. The van der Waals surface area contributed by atoms with Gasteiger partial charge in [0.15, 0.2) is 0 Å². The largest absolute Gasteiger partial charge is 0.449 e. The van der Waals surface area contributed by atoms with Gasteiger partial charge >= 0.3 is 5.97 Å². The maximum atomic E-state index is 11.5. The average molecular weight is 230 g/mol. The molecule has 0 bridgehead atoms. The molecule has 1 unspecified atom stereocenters. The van der Waals surface area contributed by atoms with Gasteiger partial charge in [0.2, 0.25) is 0 Å². The van der Waals surface area contributed by atoms with Crippen molar-refractivity contribution in [3.63, 3.8) is 0 Å². The third-order valence-corrected chi connectivity index (χ3v) is 2.82. The Morgan fingerprint density at radius 2 is 1.88 bits per heavy atom. The number of nitrogens with zero attached hydrogens (tertiary/aromatic N) is 1. The van der Waals surface area contributed by atoms with Crippen LogP contribution in [-0.4, -0.2) is 36.2 Å². The van der Waals surface area contributed by atoms with E-state index in [0.29, 0.717) is 12.6 Å². The molecular weight excluding hydrogens is 204 g/mol. The highest BCUT2D eigenvalue weighted by molar-refractivity contribution is 5.70. The first-order valence-electron chi connectivity index (χ1n) is 5.77. The summed E-state index contributed by atoms with van der Waals surface area (Å²) in [6.07, 6.45) is 0.287. The first-order valence-corrected chi connectivity index (χ1v) is 5.77. The van der Waals surface area contributed by atoms with Gasteiger partial charge in [0, 0.05) is 11.6 Å². The van der Waals surface area contributed by atoms with Crippen molar-refractivity contribution < 1.29 is 9.53 Å². The van der Waals surface area contributed by atoms with Crippen LogP contribution in [0.4, 0.5) is 0 Å². The highest BCUT2D eigenvalue weighted by Crippen LogP contribution is 2.10. The number of hydrogen-bond acceptors (Lipinski definition) is 4. The van der Waals surface area contributed by atoms with Crippen LogP contribution in [0.3, 0.4) is 0 Å². The fourth-order valence-corrected chi connectivity index (χ4v) is 0.850. The van der Waals surface area contributed by atoms with E-state index in [9.17, 15) is 4.79 Å². The quantitative estimate of drug-likeness (QED) is 0.575. The lowest BCUT2D eigenvalue weighted by atomic mass is 10.0. The van der Waals surface area contributed by atoms with E-state index < -0.39 is 0 Å². The number of carbonyl (C=O) groups is 1. The summed E-state index contributed by atoms with van der Waals surface area (Å²) in [5.41, 5.74) is 5.80. The van der Waals surface area contributed by atoms with Gasteiger partial charge in [-0.15, -0.1) is 0 Å². The molecule has 0 fully saturated rings. The van der Waals surface area contributed by atoms with E-state index in [0.717, 1.165) is 0 Å². The van der Waals surface area contributed by atoms with E-state index in [1.54, 1.807) is 0 Å². The van der Waals surface area contributed by atoms with E-state index in [2.05, 4.69) is 20.8 Å². The highest BCUT2D eigenvalue weighted by atomic mass is 16.5. The zero-order chi connectivity index (χ0) is 12.9. The molecule has 0 amide bonds. The van der Waals surface area contributed by atoms with Gasteiger partial charge in [-0.3, -0.25) is 9.69 Å². The second-order valence-corrected chi connectivity index (χ2v) is 5.63. The third kappa shape index (κ3) is 6.08. The monoisotopic (exact) mass is 230 g/mol. The Labute approximate surface area is 99.1 Å². The molecule has 2 N–H and O–H groups in total. The molecule has 0 spiro atoms. The number of rotatable bonds is 5. The molecule has 0 aliphatic heterocycles. The van der Waals surface area contributed by atoms with Gasteiger partial charge in [-0.2, -0.15) is 0 Å². The lowest BCUT2D eigenvalue weighted by molar-refractivity contribution is -0.150. The molecule has 4 nitrogen and oxygen atoms in total. The fraction of sp³-hybridized carbons (Fsp3) is 0.917. The van der Waals surface area contributed by atoms with Crippen molar-refractivity contribution in [1.82, 2.24) is 4.90 Å². The molecule has 0 saturated heterocycles. The van der Waals surface area contributed by atoms with E-state index >= 15 is 0 Å². The summed E-state index contributed by atoms with van der Waals surface area (Å²) >= 11 is 0. The van der Waals surface area contributed by atoms with E-state index in [1.165, 1.54) is 0 Å². The zero-order valence-corrected chi connectivity index (χ0v) is 11.4. The van der Waals surface area contributed by atoms with Gasteiger partial charge in [0.1, 0.15) is 6.73 Å². The maximum Gasteiger partial charge on any atom is 0.308 e. The van der Waals surface area contributed by atoms with Crippen molar-refractivity contribution >= 4 is 5.97 Å². The first-order chi connectivity index (χ1) is 7.14. The number of ether oxygens (including phenoxy) is 1. The Morgan fingerprint density at radius 3 is 2.25 bits per heavy atom. The van der Waals surface area contributed by atoms with Crippen LogP contribution in [-0.2, 0) is 9.53 Å². The molecule has 4 heteroatoms. The molecule has 16 heavy (non-hydrogen) atoms. The van der Waals surface area contributed by atoms with E-state index in [1.807, 2.05) is 25.8 Å². The molecule has 0 aliphatic rings. The molecule has 1 atom stereocenters. The van der Waals surface area contributed by atoms with Gasteiger partial charge in [-0.1, -0.05) is 13.8 Å². The highest BCUT2D eigenvalue weighted by Gasteiger charge is 2.19. The van der Waals surface area contributed by atoms with Gasteiger partial charge < -0.3 is 10.5 Å². The van der Waals surface area contributed by atoms with Gasteiger partial charge in [0.25, 0.3) is 0 Å². The lowest BCUT2D eigenvalue weighted by Crippen LogP contribution is -2.40. The van der Waals surface area contributed by atoms with Gasteiger partial charge in [-0.05, 0) is 33.7 Å². The van der Waals surface area contributed by atoms with Crippen molar-refractivity contribution in [3.05, 3.63) is 0 Å². The molecule has 0 rings (SSSR count). The van der Waals surface area contributed by atoms with Crippen LogP contribution < -0.4 is 5.73 Å². The fourth-order valence-electron chi connectivity index (χ4n) is 0.850. The number of nitrogens with two attached hydrogens (primary N) is 1. The summed E-state index contributed by atoms with van der Waals surface area (Å²) < 4.78 is 5.16. The van der Waals surface area contributed by atoms with Crippen LogP contribution in [0.25, 0.3) is 0 Å². The minimum Gasteiger partial charge on any atom is -0.449 e. The predicted octanol–water partition coefficient (Wildman–Crippen LogP) is 1.59. The third-order valence-electron chi connectivity index (χ3n) is 2.82.